The van der Waals surface area contributed by atoms with E-state index in [9.17, 15) is 50.7 Å². The van der Waals surface area contributed by atoms with Gasteiger partial charge in [0.2, 0.25) is 0 Å². The van der Waals surface area contributed by atoms with Crippen molar-refractivity contribution in [1.82, 2.24) is 19.5 Å². The summed E-state index contributed by atoms with van der Waals surface area (Å²) < 4.78 is 1.33. The molecule has 3 rings (SSSR count). The lowest BCUT2D eigenvalue weighted by Crippen LogP contribution is -2.30. The van der Waals surface area contributed by atoms with Gasteiger partial charge in [-0.2, -0.15) is 0 Å². The maximum absolute atomic E-state index is 11.8. The van der Waals surface area contributed by atoms with Crippen LogP contribution in [0.25, 0.3) is 11.2 Å². The van der Waals surface area contributed by atoms with Crippen molar-refractivity contribution in [2.24, 2.45) is 0 Å². The van der Waals surface area contributed by atoms with E-state index in [0.717, 1.165) is 13.3 Å². The van der Waals surface area contributed by atoms with Gasteiger partial charge in [-0.05, 0) is 6.92 Å². The molecule has 2 N–H and O–H groups in total. The van der Waals surface area contributed by atoms with Crippen molar-refractivity contribution in [3.63, 3.8) is 0 Å². The van der Waals surface area contributed by atoms with Gasteiger partial charge in [0.1, 0.15) is 17.5 Å². The number of hydrogen-bond donors (Lipinski definition) is 2. The first-order chi connectivity index (χ1) is 17.5. The van der Waals surface area contributed by atoms with Gasteiger partial charge in [0.05, 0.1) is 39.2 Å². The van der Waals surface area contributed by atoms with Crippen LogP contribution in [0.15, 0.2) is 12.7 Å². The van der Waals surface area contributed by atoms with Crippen LogP contribution in [-0.2, 0) is 13.0 Å². The highest BCUT2D eigenvalue weighted by molar-refractivity contribution is 5.83. The number of aromatic nitrogens is 4. The number of nitro benzene ring substituents is 4. The summed E-state index contributed by atoms with van der Waals surface area (Å²) in [6.45, 7) is 0.247. The van der Waals surface area contributed by atoms with Gasteiger partial charge in [0.15, 0.2) is 17.0 Å². The molecule has 0 atom stereocenters. The average Bonchev–Trinajstić information content (AvgIpc) is 3.24. The molecule has 0 radical (unpaired) electrons. The van der Waals surface area contributed by atoms with Gasteiger partial charge in [-0.3, -0.25) is 40.5 Å². The highest BCUT2D eigenvalue weighted by Crippen LogP contribution is 2.47. The Balaban J connectivity index is 2.18. The molecule has 0 aliphatic rings. The Morgan fingerprint density at radius 1 is 0.838 bits per heavy atom. The van der Waals surface area contributed by atoms with Crippen LogP contribution >= 0.6 is 0 Å². The fourth-order valence-electron chi connectivity index (χ4n) is 4.00. The van der Waals surface area contributed by atoms with E-state index in [1.165, 1.54) is 15.8 Å². The standard InChI is InChI=1S/C18H19N9O10/c1-10-13(24(30)31)15(26(34)35)11(16(27(36)37)14(10)25(32)33)2-3-23-9-21-12-17(19-8-20-18(12)23)22(4-6-28)5-7-29/h8-9,28-29H,2-7H2,1H3. The third-order valence-corrected chi connectivity index (χ3v) is 5.49. The van der Waals surface area contributed by atoms with Gasteiger partial charge in [0.25, 0.3) is 0 Å². The highest BCUT2D eigenvalue weighted by atomic mass is 16.6. The van der Waals surface area contributed by atoms with Crippen LogP contribution in [0.1, 0.15) is 11.1 Å². The third kappa shape index (κ3) is 4.92. The monoisotopic (exact) mass is 521 g/mol. The number of fused-ring (bicyclic) bond motifs is 1. The molecule has 2 aromatic heterocycles. The third-order valence-electron chi connectivity index (χ3n) is 5.49. The summed E-state index contributed by atoms with van der Waals surface area (Å²) in [5.41, 5.74) is -6.05. The van der Waals surface area contributed by atoms with Crippen LogP contribution in [0, 0.1) is 47.4 Å². The molecule has 3 aromatic rings. The lowest BCUT2D eigenvalue weighted by atomic mass is 9.99. The molecule has 19 heteroatoms. The maximum Gasteiger partial charge on any atom is 0.356 e. The molecular weight excluding hydrogens is 502 g/mol. The number of benzene rings is 1. The number of nitro groups is 4. The average molecular weight is 521 g/mol. The van der Waals surface area contributed by atoms with Gasteiger partial charge in [-0.25, -0.2) is 15.0 Å². The molecule has 1 aromatic carbocycles. The number of imidazole rings is 1. The first-order valence-corrected chi connectivity index (χ1v) is 10.4. The molecular formula is C18H19N9O10. The zero-order valence-corrected chi connectivity index (χ0v) is 19.1. The van der Waals surface area contributed by atoms with Crippen molar-refractivity contribution in [3.05, 3.63) is 64.2 Å². The first kappa shape index (κ1) is 26.7. The number of aliphatic hydroxyl groups is 2. The summed E-state index contributed by atoms with van der Waals surface area (Å²) in [5.74, 6) is 0.255. The van der Waals surface area contributed by atoms with Crippen molar-refractivity contribution >= 4 is 39.7 Å². The van der Waals surface area contributed by atoms with Crippen LogP contribution in [0.5, 0.6) is 0 Å². The van der Waals surface area contributed by atoms with Crippen LogP contribution in [0.3, 0.4) is 0 Å². The highest BCUT2D eigenvalue weighted by Gasteiger charge is 2.46. The minimum Gasteiger partial charge on any atom is -0.395 e. The summed E-state index contributed by atoms with van der Waals surface area (Å²) in [6.07, 6.45) is 1.81. The van der Waals surface area contributed by atoms with E-state index in [1.54, 1.807) is 0 Å². The van der Waals surface area contributed by atoms with Gasteiger partial charge < -0.3 is 19.7 Å². The van der Waals surface area contributed by atoms with E-state index in [1.807, 2.05) is 0 Å². The fourth-order valence-corrected chi connectivity index (χ4v) is 4.00. The minimum atomic E-state index is -1.21. The molecule has 0 bridgehead atoms. The van der Waals surface area contributed by atoms with E-state index in [4.69, 9.17) is 0 Å². The van der Waals surface area contributed by atoms with Crippen molar-refractivity contribution in [3.8, 4) is 0 Å². The normalized spacial score (nSPS) is 11.0. The largest absolute Gasteiger partial charge is 0.395 e. The number of anilines is 1. The second kappa shape index (κ2) is 10.8. The zero-order chi connectivity index (χ0) is 27.4. The zero-order valence-electron chi connectivity index (χ0n) is 19.1. The Kier molecular flexibility index (Phi) is 7.78. The second-order valence-electron chi connectivity index (χ2n) is 7.52. The lowest BCUT2D eigenvalue weighted by Gasteiger charge is -2.21. The lowest BCUT2D eigenvalue weighted by molar-refractivity contribution is -0.435. The molecule has 0 saturated heterocycles. The molecule has 196 valence electrons. The number of nitrogens with zero attached hydrogens (tertiary/aromatic N) is 9. The Hall–Kier alpha value is -4.91. The molecule has 0 aliphatic heterocycles. The van der Waals surface area contributed by atoms with Crippen molar-refractivity contribution < 1.29 is 29.9 Å². The van der Waals surface area contributed by atoms with Gasteiger partial charge in [-0.15, -0.1) is 0 Å². The predicted octanol–water partition coefficient (Wildman–Crippen LogP) is 0.801. The molecule has 0 fully saturated rings. The molecule has 0 saturated carbocycles. The summed E-state index contributed by atoms with van der Waals surface area (Å²) in [4.78, 5) is 56.0. The Labute approximate surface area is 205 Å². The summed E-state index contributed by atoms with van der Waals surface area (Å²) in [6, 6.07) is 0. The fraction of sp³-hybridized carbons (Fsp3) is 0.389. The molecule has 0 unspecified atom stereocenters. The number of aliphatic hydroxyl groups excluding tert-OH is 2. The van der Waals surface area contributed by atoms with Crippen molar-refractivity contribution in [2.45, 2.75) is 19.9 Å². The quantitative estimate of drug-likeness (QED) is 0.247. The summed E-state index contributed by atoms with van der Waals surface area (Å²) in [5, 5.41) is 65.4. The second-order valence-corrected chi connectivity index (χ2v) is 7.52. The smallest absolute Gasteiger partial charge is 0.356 e. The topological polar surface area (TPSA) is 260 Å². The van der Waals surface area contributed by atoms with Crippen LogP contribution in [0.4, 0.5) is 28.6 Å². The SMILES string of the molecule is Cc1c([N+](=O)[O-])c([N+](=O)[O-])c(CCn2cnc3c(N(CCO)CCO)ncnc32)c([N+](=O)[O-])c1[N+](=O)[O-]. The molecule has 37 heavy (non-hydrogen) atoms. The number of rotatable bonds is 12. The Morgan fingerprint density at radius 3 is 1.81 bits per heavy atom. The molecule has 0 spiro atoms. The molecule has 2 heterocycles. The first-order valence-electron chi connectivity index (χ1n) is 10.4. The Bertz CT molecular complexity index is 1350. The van der Waals surface area contributed by atoms with Gasteiger partial charge >= 0.3 is 22.7 Å². The van der Waals surface area contributed by atoms with Gasteiger partial charge in [0, 0.05) is 26.1 Å². The maximum atomic E-state index is 11.8. The van der Waals surface area contributed by atoms with Gasteiger partial charge in [-0.1, -0.05) is 0 Å². The summed E-state index contributed by atoms with van der Waals surface area (Å²) >= 11 is 0. The minimum absolute atomic E-state index is 0.106. The summed E-state index contributed by atoms with van der Waals surface area (Å²) in [7, 11) is 0. The van der Waals surface area contributed by atoms with Crippen LogP contribution in [0.2, 0.25) is 0 Å². The van der Waals surface area contributed by atoms with E-state index in [0.29, 0.717) is 0 Å². The van der Waals surface area contributed by atoms with Crippen molar-refractivity contribution in [1.29, 1.82) is 0 Å². The van der Waals surface area contributed by atoms with Crippen molar-refractivity contribution in [2.75, 3.05) is 31.2 Å². The number of aryl methyl sites for hydroxylation is 1. The van der Waals surface area contributed by atoms with E-state index < -0.39 is 60.0 Å². The van der Waals surface area contributed by atoms with E-state index in [-0.39, 0.29) is 49.8 Å². The molecule has 0 amide bonds. The Morgan fingerprint density at radius 2 is 1.35 bits per heavy atom. The van der Waals surface area contributed by atoms with E-state index in [2.05, 4.69) is 15.0 Å². The van der Waals surface area contributed by atoms with Crippen LogP contribution in [-0.4, -0.2) is 75.7 Å². The predicted molar refractivity (Wildman–Crippen MR) is 123 cm³/mol. The molecule has 19 nitrogen and oxygen atoms in total. The number of hydrogen-bond acceptors (Lipinski definition) is 14. The van der Waals surface area contributed by atoms with Crippen LogP contribution < -0.4 is 4.90 Å². The molecule has 0 aliphatic carbocycles. The van der Waals surface area contributed by atoms with E-state index >= 15 is 0 Å².